The Morgan fingerprint density at radius 2 is 1.06 bits per heavy atom. The van der Waals surface area contributed by atoms with E-state index in [-0.39, 0.29) is 0 Å². The number of benzene rings is 3. The normalized spacial score (nSPS) is 11.9. The predicted molar refractivity (Wildman–Crippen MR) is 142 cm³/mol. The maximum Gasteiger partial charge on any atom is 0.112 e. The van der Waals surface area contributed by atoms with Crippen LogP contribution in [0, 0.1) is 0 Å². The van der Waals surface area contributed by atoms with E-state index in [9.17, 15) is 0 Å². The van der Waals surface area contributed by atoms with E-state index in [1.165, 1.54) is 46.1 Å². The molecule has 1 heteroatoms. The minimum atomic E-state index is -1.69. The molecule has 0 aliphatic carbocycles. The van der Waals surface area contributed by atoms with Crippen LogP contribution in [0.2, 0.25) is 0 Å². The maximum atomic E-state index is 2.47. The van der Waals surface area contributed by atoms with Crippen molar-refractivity contribution in [1.29, 1.82) is 0 Å². The molecule has 0 radical (unpaired) electrons. The van der Waals surface area contributed by atoms with E-state index < -0.39 is 7.26 Å². The molecule has 0 unspecified atom stereocenters. The molecule has 0 N–H and O–H groups in total. The molecule has 0 spiro atoms. The zero-order valence-electron chi connectivity index (χ0n) is 19.3. The summed E-state index contributed by atoms with van der Waals surface area (Å²) in [6.45, 7) is 6.64. The molecular weight excluding hydrogens is 391 g/mol. The van der Waals surface area contributed by atoms with Crippen molar-refractivity contribution in [2.24, 2.45) is 0 Å². The topological polar surface area (TPSA) is 0 Å². The third-order valence-corrected chi connectivity index (χ3v) is 10.4. The van der Waals surface area contributed by atoms with Gasteiger partial charge in [0.05, 0.1) is 6.16 Å². The summed E-state index contributed by atoms with van der Waals surface area (Å²) in [5, 5.41) is 4.45. The van der Waals surface area contributed by atoms with Gasteiger partial charge in [-0.25, -0.2) is 0 Å². The molecule has 0 aliphatic heterocycles. The van der Waals surface area contributed by atoms with Gasteiger partial charge in [-0.1, -0.05) is 77.9 Å². The molecule has 160 valence electrons. The largest absolute Gasteiger partial charge is 0.112 e. The maximum absolute atomic E-state index is 2.47. The van der Waals surface area contributed by atoms with Gasteiger partial charge in [0.1, 0.15) is 23.2 Å². The highest BCUT2D eigenvalue weighted by atomic mass is 31.2. The van der Waals surface area contributed by atoms with Crippen LogP contribution in [0.3, 0.4) is 0 Å². The molecule has 0 atom stereocenters. The molecule has 0 aromatic heterocycles. The van der Waals surface area contributed by atoms with Crippen molar-refractivity contribution in [1.82, 2.24) is 0 Å². The fraction of sp³-hybridized carbons (Fsp3) is 0.267. The molecular formula is C30H36P+. The lowest BCUT2D eigenvalue weighted by atomic mass is 10.1. The number of hydrogen-bond donors (Lipinski definition) is 0. The van der Waals surface area contributed by atoms with E-state index in [1.54, 1.807) is 0 Å². The van der Waals surface area contributed by atoms with E-state index in [0.717, 1.165) is 12.8 Å². The summed E-state index contributed by atoms with van der Waals surface area (Å²) in [6, 6.07) is 33.6. The highest BCUT2D eigenvalue weighted by Gasteiger charge is 2.44. The van der Waals surface area contributed by atoms with Crippen molar-refractivity contribution in [3.05, 3.63) is 114 Å². The predicted octanol–water partition coefficient (Wildman–Crippen LogP) is 7.45. The first-order chi connectivity index (χ1) is 15.1. The highest BCUT2D eigenvalue weighted by molar-refractivity contribution is 7.95. The summed E-state index contributed by atoms with van der Waals surface area (Å²) < 4.78 is 0. The Kier molecular flexibility index (Phi) is 8.86. The van der Waals surface area contributed by atoms with Crippen molar-refractivity contribution < 1.29 is 0 Å². The molecule has 0 fully saturated rings. The summed E-state index contributed by atoms with van der Waals surface area (Å²) in [5.41, 5.74) is 2.93. The number of rotatable bonds is 10. The summed E-state index contributed by atoms with van der Waals surface area (Å²) in [5.74, 6) is 0. The number of unbranched alkanes of at least 4 members (excludes halogenated alkanes) is 1. The van der Waals surface area contributed by atoms with E-state index in [4.69, 9.17) is 0 Å². The molecule has 0 nitrogen and oxygen atoms in total. The van der Waals surface area contributed by atoms with Gasteiger partial charge in [0.2, 0.25) is 0 Å². The fourth-order valence-electron chi connectivity index (χ4n) is 4.25. The summed E-state index contributed by atoms with van der Waals surface area (Å²) in [4.78, 5) is 0. The SMILES string of the molecule is CC(C)=CCCC(C)=CCCC[P+](c1ccccc1)(c1ccccc1)c1ccccc1. The van der Waals surface area contributed by atoms with Gasteiger partial charge in [0.25, 0.3) is 0 Å². The van der Waals surface area contributed by atoms with Gasteiger partial charge in [-0.05, 0) is 82.9 Å². The van der Waals surface area contributed by atoms with Crippen molar-refractivity contribution in [2.75, 3.05) is 6.16 Å². The van der Waals surface area contributed by atoms with Crippen molar-refractivity contribution >= 4 is 23.2 Å². The average molecular weight is 428 g/mol. The minimum Gasteiger partial charge on any atom is -0.0856 e. The van der Waals surface area contributed by atoms with Crippen molar-refractivity contribution in [3.8, 4) is 0 Å². The van der Waals surface area contributed by atoms with Gasteiger partial charge >= 0.3 is 0 Å². The van der Waals surface area contributed by atoms with Crippen LogP contribution in [0.25, 0.3) is 0 Å². The van der Waals surface area contributed by atoms with Crippen LogP contribution in [0.4, 0.5) is 0 Å². The third-order valence-electron chi connectivity index (χ3n) is 5.87. The van der Waals surface area contributed by atoms with Crippen LogP contribution in [0.1, 0.15) is 46.5 Å². The Bertz CT molecular complexity index is 868. The lowest BCUT2D eigenvalue weighted by Gasteiger charge is -2.27. The first-order valence-electron chi connectivity index (χ1n) is 11.5. The Morgan fingerprint density at radius 3 is 1.48 bits per heavy atom. The molecule has 0 bridgehead atoms. The van der Waals surface area contributed by atoms with Gasteiger partial charge in [0.15, 0.2) is 0 Å². The van der Waals surface area contributed by atoms with Gasteiger partial charge < -0.3 is 0 Å². The molecule has 0 aliphatic rings. The van der Waals surface area contributed by atoms with Crippen LogP contribution in [-0.2, 0) is 0 Å². The van der Waals surface area contributed by atoms with Crippen LogP contribution < -0.4 is 15.9 Å². The highest BCUT2D eigenvalue weighted by Crippen LogP contribution is 2.55. The molecule has 3 aromatic rings. The average Bonchev–Trinajstić information content (AvgIpc) is 2.81. The molecule has 0 saturated carbocycles. The first kappa shape index (κ1) is 23.2. The smallest absolute Gasteiger partial charge is 0.0856 e. The van der Waals surface area contributed by atoms with Gasteiger partial charge in [0, 0.05) is 0 Å². The fourth-order valence-corrected chi connectivity index (χ4v) is 8.62. The molecule has 3 aromatic carbocycles. The van der Waals surface area contributed by atoms with Crippen LogP contribution in [0.5, 0.6) is 0 Å². The Morgan fingerprint density at radius 1 is 0.613 bits per heavy atom. The second-order valence-corrected chi connectivity index (χ2v) is 12.2. The second kappa shape index (κ2) is 11.8. The van der Waals surface area contributed by atoms with E-state index >= 15 is 0 Å². The lowest BCUT2D eigenvalue weighted by molar-refractivity contribution is 0.911. The minimum absolute atomic E-state index is 1.15. The van der Waals surface area contributed by atoms with Crippen LogP contribution >= 0.6 is 7.26 Å². The molecule has 0 heterocycles. The Labute approximate surface area is 190 Å². The first-order valence-corrected chi connectivity index (χ1v) is 13.4. The monoisotopic (exact) mass is 427 g/mol. The summed E-state index contributed by atoms with van der Waals surface area (Å²) >= 11 is 0. The van der Waals surface area contributed by atoms with E-state index in [2.05, 4.69) is 124 Å². The zero-order chi connectivity index (χ0) is 21.9. The van der Waals surface area contributed by atoms with Gasteiger partial charge in [-0.3, -0.25) is 0 Å². The van der Waals surface area contributed by atoms with Gasteiger partial charge in [-0.2, -0.15) is 0 Å². The molecule has 0 saturated heterocycles. The third kappa shape index (κ3) is 6.28. The van der Waals surface area contributed by atoms with Crippen molar-refractivity contribution in [3.63, 3.8) is 0 Å². The number of allylic oxidation sites excluding steroid dienone is 4. The Balaban J connectivity index is 1.89. The van der Waals surface area contributed by atoms with Crippen LogP contribution in [-0.4, -0.2) is 6.16 Å². The summed E-state index contributed by atoms with van der Waals surface area (Å²) in [7, 11) is -1.69. The van der Waals surface area contributed by atoms with Crippen molar-refractivity contribution in [2.45, 2.75) is 46.5 Å². The zero-order valence-corrected chi connectivity index (χ0v) is 20.2. The molecule has 0 amide bonds. The summed E-state index contributed by atoms with van der Waals surface area (Å²) in [6.07, 6.45) is 10.7. The quantitative estimate of drug-likeness (QED) is 0.179. The second-order valence-electron chi connectivity index (χ2n) is 8.55. The Hall–Kier alpha value is -2.43. The van der Waals surface area contributed by atoms with Crippen LogP contribution in [0.15, 0.2) is 114 Å². The molecule has 31 heavy (non-hydrogen) atoms. The lowest BCUT2D eigenvalue weighted by Crippen LogP contribution is -2.33. The standard InChI is InChI=1S/C30H36P/c1-26(2)16-15-18-27(3)17-13-14-25-31(28-19-7-4-8-20-28,29-21-9-5-10-22-29)30-23-11-6-12-24-30/h4-12,16-17,19-24H,13-15,18,25H2,1-3H3/q+1. The number of hydrogen-bond acceptors (Lipinski definition) is 0. The van der Waals surface area contributed by atoms with Gasteiger partial charge in [-0.15, -0.1) is 0 Å². The molecule has 3 rings (SSSR count). The van der Waals surface area contributed by atoms with E-state index in [0.29, 0.717) is 0 Å². The van der Waals surface area contributed by atoms with E-state index in [1.807, 2.05) is 0 Å².